The lowest BCUT2D eigenvalue weighted by Crippen LogP contribution is -2.03. The second kappa shape index (κ2) is 4.35. The molecule has 0 amide bonds. The van der Waals surface area contributed by atoms with Crippen LogP contribution in [0.2, 0.25) is 0 Å². The van der Waals surface area contributed by atoms with Crippen molar-refractivity contribution in [3.8, 4) is 16.5 Å². The highest BCUT2D eigenvalue weighted by Gasteiger charge is 2.30. The molecule has 0 saturated carbocycles. The van der Waals surface area contributed by atoms with Gasteiger partial charge in [0.25, 0.3) is 0 Å². The average molecular weight is 268 g/mol. The van der Waals surface area contributed by atoms with Crippen LogP contribution in [-0.2, 0) is 6.18 Å². The molecular formula is C12H7F3N2S. The Morgan fingerprint density at radius 2 is 1.78 bits per heavy atom. The van der Waals surface area contributed by atoms with E-state index in [0.717, 1.165) is 23.5 Å². The van der Waals surface area contributed by atoms with Crippen molar-refractivity contribution in [2.45, 2.75) is 6.18 Å². The summed E-state index contributed by atoms with van der Waals surface area (Å²) in [7, 11) is 0. The molecule has 0 radical (unpaired) electrons. The van der Waals surface area contributed by atoms with Crippen molar-refractivity contribution >= 4 is 17.0 Å². The smallest absolute Gasteiger partial charge is 0.397 e. The van der Waals surface area contributed by atoms with Crippen LogP contribution in [0.15, 0.2) is 30.3 Å². The Balaban J connectivity index is 2.38. The highest BCUT2D eigenvalue weighted by molar-refractivity contribution is 7.16. The van der Waals surface area contributed by atoms with Gasteiger partial charge >= 0.3 is 6.18 Å². The van der Waals surface area contributed by atoms with Crippen LogP contribution in [0.3, 0.4) is 0 Å². The Morgan fingerprint density at radius 1 is 1.17 bits per heavy atom. The number of thiophene rings is 1. The summed E-state index contributed by atoms with van der Waals surface area (Å²) in [5, 5.41) is 8.76. The Bertz CT molecular complexity index is 606. The molecular weight excluding hydrogens is 261 g/mol. The average Bonchev–Trinajstić information content (AvgIpc) is 2.69. The van der Waals surface area contributed by atoms with E-state index in [0.29, 0.717) is 21.0 Å². The van der Waals surface area contributed by atoms with E-state index in [1.165, 1.54) is 12.1 Å². The first-order valence-corrected chi connectivity index (χ1v) is 5.70. The third kappa shape index (κ3) is 2.31. The molecule has 1 aromatic heterocycles. The highest BCUT2D eigenvalue weighted by atomic mass is 32.1. The highest BCUT2D eigenvalue weighted by Crippen LogP contribution is 2.35. The number of rotatable bonds is 1. The lowest BCUT2D eigenvalue weighted by molar-refractivity contribution is -0.137. The molecule has 2 nitrogen and oxygen atoms in total. The van der Waals surface area contributed by atoms with E-state index in [2.05, 4.69) is 0 Å². The summed E-state index contributed by atoms with van der Waals surface area (Å²) in [5.74, 6) is 0. The van der Waals surface area contributed by atoms with Crippen LogP contribution >= 0.6 is 11.3 Å². The first-order chi connectivity index (χ1) is 8.41. The van der Waals surface area contributed by atoms with E-state index in [4.69, 9.17) is 11.0 Å². The van der Waals surface area contributed by atoms with Crippen molar-refractivity contribution < 1.29 is 13.2 Å². The molecule has 0 saturated heterocycles. The van der Waals surface area contributed by atoms with E-state index in [9.17, 15) is 13.2 Å². The van der Waals surface area contributed by atoms with Gasteiger partial charge in [0.15, 0.2) is 0 Å². The number of nitrogens with two attached hydrogens (primary N) is 1. The van der Waals surface area contributed by atoms with E-state index >= 15 is 0 Å². The quantitative estimate of drug-likeness (QED) is 0.853. The fourth-order valence-electron chi connectivity index (χ4n) is 1.46. The molecule has 1 heterocycles. The van der Waals surface area contributed by atoms with Crippen molar-refractivity contribution in [2.75, 3.05) is 5.73 Å². The van der Waals surface area contributed by atoms with Crippen molar-refractivity contribution in [1.82, 2.24) is 0 Å². The summed E-state index contributed by atoms with van der Waals surface area (Å²) < 4.78 is 37.2. The number of nitriles is 1. The van der Waals surface area contributed by atoms with Crippen LogP contribution in [0.5, 0.6) is 0 Å². The predicted molar refractivity (Wildman–Crippen MR) is 63.9 cm³/mol. The van der Waals surface area contributed by atoms with Gasteiger partial charge in [-0.1, -0.05) is 12.1 Å². The molecule has 0 aliphatic rings. The molecule has 0 atom stereocenters. The molecule has 1 aromatic carbocycles. The summed E-state index contributed by atoms with van der Waals surface area (Å²) in [6.07, 6.45) is -4.34. The van der Waals surface area contributed by atoms with Gasteiger partial charge in [0.2, 0.25) is 0 Å². The van der Waals surface area contributed by atoms with E-state index < -0.39 is 11.7 Å². The lowest BCUT2D eigenvalue weighted by atomic mass is 10.1. The molecule has 2 aromatic rings. The summed E-state index contributed by atoms with van der Waals surface area (Å²) in [6.45, 7) is 0. The summed E-state index contributed by atoms with van der Waals surface area (Å²) in [6, 6.07) is 8.29. The van der Waals surface area contributed by atoms with Gasteiger partial charge in [0.05, 0.1) is 11.3 Å². The monoisotopic (exact) mass is 268 g/mol. The fourth-order valence-corrected chi connectivity index (χ4v) is 2.34. The van der Waals surface area contributed by atoms with Crippen LogP contribution in [0.4, 0.5) is 18.9 Å². The van der Waals surface area contributed by atoms with Gasteiger partial charge in [-0.2, -0.15) is 18.4 Å². The molecule has 0 aliphatic carbocycles. The zero-order valence-corrected chi connectivity index (χ0v) is 9.77. The molecule has 0 aliphatic heterocycles. The number of hydrogen-bond donors (Lipinski definition) is 1. The number of hydrogen-bond acceptors (Lipinski definition) is 3. The molecule has 0 unspecified atom stereocenters. The van der Waals surface area contributed by atoms with Crippen LogP contribution < -0.4 is 5.73 Å². The second-order valence-electron chi connectivity index (χ2n) is 3.58. The molecule has 0 fully saturated rings. The van der Waals surface area contributed by atoms with Gasteiger partial charge in [-0.25, -0.2) is 0 Å². The third-order valence-corrected chi connectivity index (χ3v) is 3.46. The fraction of sp³-hybridized carbons (Fsp3) is 0.0833. The minimum absolute atomic E-state index is 0.345. The van der Waals surface area contributed by atoms with Crippen molar-refractivity contribution in [1.29, 1.82) is 5.26 Å². The molecule has 2 rings (SSSR count). The maximum atomic E-state index is 12.4. The lowest BCUT2D eigenvalue weighted by Gasteiger charge is -2.06. The standard InChI is InChI=1S/C12H7F3N2S/c13-12(14,15)8-3-1-7(2-4-8)10-5-9(17)11(6-16)18-10/h1-5H,17H2. The number of benzene rings is 1. The van der Waals surface area contributed by atoms with Gasteiger partial charge in [-0.3, -0.25) is 0 Å². The zero-order chi connectivity index (χ0) is 13.3. The van der Waals surface area contributed by atoms with Crippen molar-refractivity contribution in [3.63, 3.8) is 0 Å². The van der Waals surface area contributed by atoms with E-state index in [1.807, 2.05) is 6.07 Å². The Labute approximate surface area is 105 Å². The normalized spacial score (nSPS) is 11.2. The number of alkyl halides is 3. The molecule has 0 bridgehead atoms. The molecule has 0 spiro atoms. The van der Waals surface area contributed by atoms with E-state index in [1.54, 1.807) is 6.07 Å². The van der Waals surface area contributed by atoms with Crippen molar-refractivity contribution in [3.05, 3.63) is 40.8 Å². The third-order valence-electron chi connectivity index (χ3n) is 2.36. The first kappa shape index (κ1) is 12.5. The maximum Gasteiger partial charge on any atom is 0.416 e. The number of anilines is 1. The van der Waals surface area contributed by atoms with Crippen molar-refractivity contribution in [2.24, 2.45) is 0 Å². The maximum absolute atomic E-state index is 12.4. The molecule has 6 heteroatoms. The van der Waals surface area contributed by atoms with Crippen LogP contribution in [0, 0.1) is 11.3 Å². The summed E-state index contributed by atoms with van der Waals surface area (Å²) >= 11 is 1.16. The van der Waals surface area contributed by atoms with Crippen LogP contribution in [0.1, 0.15) is 10.4 Å². The van der Waals surface area contributed by atoms with Gasteiger partial charge in [0, 0.05) is 4.88 Å². The molecule has 92 valence electrons. The van der Waals surface area contributed by atoms with Gasteiger partial charge in [0.1, 0.15) is 10.9 Å². The topological polar surface area (TPSA) is 49.8 Å². The van der Waals surface area contributed by atoms with E-state index in [-0.39, 0.29) is 0 Å². The predicted octanol–water partition coefficient (Wildman–Crippen LogP) is 3.89. The molecule has 2 N–H and O–H groups in total. The van der Waals surface area contributed by atoms with Gasteiger partial charge in [-0.15, -0.1) is 11.3 Å². The minimum Gasteiger partial charge on any atom is -0.397 e. The van der Waals surface area contributed by atoms with Crippen LogP contribution in [0.25, 0.3) is 10.4 Å². The number of nitrogens with zero attached hydrogens (tertiary/aromatic N) is 1. The Kier molecular flexibility index (Phi) is 3.01. The summed E-state index contributed by atoms with van der Waals surface area (Å²) in [5.41, 5.74) is 5.86. The SMILES string of the molecule is N#Cc1sc(-c2ccc(C(F)(F)F)cc2)cc1N. The molecule has 18 heavy (non-hydrogen) atoms. The summed E-state index contributed by atoms with van der Waals surface area (Å²) in [4.78, 5) is 1.04. The van der Waals surface area contributed by atoms with Crippen LogP contribution in [-0.4, -0.2) is 0 Å². The zero-order valence-electron chi connectivity index (χ0n) is 8.95. The Hall–Kier alpha value is -2.00. The van der Waals surface area contributed by atoms with Gasteiger partial charge in [-0.05, 0) is 23.8 Å². The first-order valence-electron chi connectivity index (χ1n) is 4.89. The number of nitrogen functional groups attached to an aromatic ring is 1. The largest absolute Gasteiger partial charge is 0.416 e. The Morgan fingerprint density at radius 3 is 2.22 bits per heavy atom. The minimum atomic E-state index is -4.34. The van der Waals surface area contributed by atoms with Gasteiger partial charge < -0.3 is 5.73 Å². The second-order valence-corrected chi connectivity index (χ2v) is 4.63. The number of halogens is 3.